The number of nitrogens with one attached hydrogen (secondary N) is 1. The normalized spacial score (nSPS) is 11.8. The maximum atomic E-state index is 11.5. The molecule has 0 aliphatic rings. The first kappa shape index (κ1) is 12.5. The van der Waals surface area contributed by atoms with Gasteiger partial charge in [-0.05, 0) is 13.8 Å². The number of nitrogens with zero attached hydrogens (tertiary/aromatic N) is 2. The van der Waals surface area contributed by atoms with Crippen LogP contribution < -0.4 is 4.72 Å². The van der Waals surface area contributed by atoms with E-state index in [1.54, 1.807) is 13.8 Å². The smallest absolute Gasteiger partial charge is 0.236 e. The first-order chi connectivity index (χ1) is 6.84. The highest BCUT2D eigenvalue weighted by Crippen LogP contribution is 2.26. The summed E-state index contributed by atoms with van der Waals surface area (Å²) in [4.78, 5) is 7.29. The zero-order valence-corrected chi connectivity index (χ0v) is 10.4. The van der Waals surface area contributed by atoms with Crippen LogP contribution in [0.4, 0.5) is 5.82 Å². The Bertz CT molecular complexity index is 461. The van der Waals surface area contributed by atoms with Gasteiger partial charge in [0.25, 0.3) is 0 Å². The zero-order valence-electron chi connectivity index (χ0n) is 8.03. The van der Waals surface area contributed by atoms with Gasteiger partial charge in [0.05, 0.1) is 5.25 Å². The molecule has 1 aromatic rings. The maximum Gasteiger partial charge on any atom is 0.236 e. The van der Waals surface area contributed by atoms with E-state index >= 15 is 0 Å². The molecule has 0 aliphatic heterocycles. The van der Waals surface area contributed by atoms with Crippen LogP contribution in [0.25, 0.3) is 0 Å². The van der Waals surface area contributed by atoms with Crippen LogP contribution >= 0.6 is 23.2 Å². The molecule has 0 aliphatic carbocycles. The Balaban J connectivity index is 3.06. The van der Waals surface area contributed by atoms with Gasteiger partial charge in [0, 0.05) is 0 Å². The summed E-state index contributed by atoms with van der Waals surface area (Å²) in [6.07, 6.45) is 1.13. The predicted molar refractivity (Wildman–Crippen MR) is 59.7 cm³/mol. The number of aromatic nitrogens is 2. The van der Waals surface area contributed by atoms with E-state index in [2.05, 4.69) is 14.7 Å². The van der Waals surface area contributed by atoms with Crippen LogP contribution in [0.15, 0.2) is 6.33 Å². The van der Waals surface area contributed by atoms with E-state index in [0.29, 0.717) is 0 Å². The van der Waals surface area contributed by atoms with E-state index in [0.717, 1.165) is 6.33 Å². The van der Waals surface area contributed by atoms with Gasteiger partial charge >= 0.3 is 0 Å². The van der Waals surface area contributed by atoms with Gasteiger partial charge in [-0.15, -0.1) is 0 Å². The van der Waals surface area contributed by atoms with Crippen molar-refractivity contribution in [3.8, 4) is 0 Å². The molecule has 1 N–H and O–H groups in total. The van der Waals surface area contributed by atoms with Gasteiger partial charge in [0.1, 0.15) is 11.3 Å². The molecule has 0 amide bonds. The number of sulfonamides is 1. The fourth-order valence-electron chi connectivity index (χ4n) is 0.672. The minimum atomic E-state index is -3.47. The van der Waals surface area contributed by atoms with Gasteiger partial charge in [-0.2, -0.15) is 0 Å². The van der Waals surface area contributed by atoms with Crippen molar-refractivity contribution in [1.29, 1.82) is 0 Å². The number of rotatable bonds is 3. The van der Waals surface area contributed by atoms with Gasteiger partial charge in [-0.1, -0.05) is 23.2 Å². The Hall–Kier alpha value is -0.590. The van der Waals surface area contributed by atoms with Gasteiger partial charge in [-0.25, -0.2) is 18.4 Å². The average molecular weight is 270 g/mol. The Labute approximate surface area is 97.9 Å². The molecule has 0 bridgehead atoms. The van der Waals surface area contributed by atoms with Gasteiger partial charge in [0.15, 0.2) is 11.0 Å². The van der Waals surface area contributed by atoms with Gasteiger partial charge < -0.3 is 0 Å². The molecule has 0 atom stereocenters. The number of hydrogen-bond acceptors (Lipinski definition) is 4. The van der Waals surface area contributed by atoms with Crippen LogP contribution in [-0.4, -0.2) is 23.6 Å². The Morgan fingerprint density at radius 2 is 1.93 bits per heavy atom. The van der Waals surface area contributed by atoms with Crippen LogP contribution in [0.2, 0.25) is 10.2 Å². The highest BCUT2D eigenvalue weighted by Gasteiger charge is 2.18. The van der Waals surface area contributed by atoms with Crippen molar-refractivity contribution >= 4 is 39.0 Å². The Morgan fingerprint density at radius 3 is 2.47 bits per heavy atom. The molecule has 1 rings (SSSR count). The van der Waals surface area contributed by atoms with E-state index in [-0.39, 0.29) is 16.0 Å². The molecule has 1 heterocycles. The van der Waals surface area contributed by atoms with Gasteiger partial charge in [0.2, 0.25) is 10.0 Å². The summed E-state index contributed by atoms with van der Waals surface area (Å²) in [5.41, 5.74) is 0. The summed E-state index contributed by atoms with van der Waals surface area (Å²) < 4.78 is 25.2. The largest absolute Gasteiger partial charge is 0.266 e. The Kier molecular flexibility index (Phi) is 3.75. The van der Waals surface area contributed by atoms with Crippen molar-refractivity contribution in [3.05, 3.63) is 16.5 Å². The van der Waals surface area contributed by atoms with Crippen LogP contribution in [0.3, 0.4) is 0 Å². The third kappa shape index (κ3) is 2.93. The lowest BCUT2D eigenvalue weighted by molar-refractivity contribution is 0.592. The maximum absolute atomic E-state index is 11.5. The molecule has 0 unspecified atom stereocenters. The van der Waals surface area contributed by atoms with E-state index in [9.17, 15) is 8.42 Å². The Morgan fingerprint density at radius 1 is 1.33 bits per heavy atom. The molecular weight excluding hydrogens is 261 g/mol. The summed E-state index contributed by atoms with van der Waals surface area (Å²) in [5.74, 6) is -0.00892. The summed E-state index contributed by atoms with van der Waals surface area (Å²) >= 11 is 11.3. The highest BCUT2D eigenvalue weighted by molar-refractivity contribution is 7.93. The van der Waals surface area contributed by atoms with E-state index in [1.807, 2.05) is 0 Å². The number of halogens is 2. The molecule has 84 valence electrons. The summed E-state index contributed by atoms with van der Waals surface area (Å²) in [6, 6.07) is 0. The lowest BCUT2D eigenvalue weighted by Crippen LogP contribution is -2.23. The first-order valence-electron chi connectivity index (χ1n) is 4.02. The number of anilines is 1. The van der Waals surface area contributed by atoms with E-state index in [4.69, 9.17) is 23.2 Å². The summed E-state index contributed by atoms with van der Waals surface area (Å²) in [5, 5.41) is -0.584. The molecule has 0 spiro atoms. The van der Waals surface area contributed by atoms with Crippen LogP contribution in [-0.2, 0) is 10.0 Å². The predicted octanol–water partition coefficient (Wildman–Crippen LogP) is 1.93. The molecule has 0 radical (unpaired) electrons. The number of hydrogen-bond donors (Lipinski definition) is 1. The molecule has 0 saturated carbocycles. The lowest BCUT2D eigenvalue weighted by atomic mass is 10.6. The van der Waals surface area contributed by atoms with Crippen molar-refractivity contribution in [1.82, 2.24) is 9.97 Å². The van der Waals surface area contributed by atoms with E-state index < -0.39 is 15.3 Å². The first-order valence-corrected chi connectivity index (χ1v) is 6.32. The minimum Gasteiger partial charge on any atom is -0.266 e. The topological polar surface area (TPSA) is 72.0 Å². The van der Waals surface area contributed by atoms with Crippen molar-refractivity contribution in [3.63, 3.8) is 0 Å². The monoisotopic (exact) mass is 269 g/mol. The standard InChI is InChI=1S/C7H9Cl2N3O2S/c1-4(2)15(13,14)12-7-5(8)6(9)10-3-11-7/h3-4H,1-2H3,(H,10,11,12). The second kappa shape index (κ2) is 4.51. The summed E-state index contributed by atoms with van der Waals surface area (Å²) in [6.45, 7) is 3.08. The average Bonchev–Trinajstić information content (AvgIpc) is 2.12. The quantitative estimate of drug-likeness (QED) is 0.852. The molecule has 0 saturated heterocycles. The second-order valence-electron chi connectivity index (χ2n) is 3.02. The fourth-order valence-corrected chi connectivity index (χ4v) is 1.67. The van der Waals surface area contributed by atoms with Crippen molar-refractivity contribution in [2.24, 2.45) is 0 Å². The van der Waals surface area contributed by atoms with Gasteiger partial charge in [-0.3, -0.25) is 4.72 Å². The molecule has 5 nitrogen and oxygen atoms in total. The van der Waals surface area contributed by atoms with Crippen LogP contribution in [0.1, 0.15) is 13.8 Å². The molecule has 8 heteroatoms. The second-order valence-corrected chi connectivity index (χ2v) is 6.00. The van der Waals surface area contributed by atoms with Crippen molar-refractivity contribution < 1.29 is 8.42 Å². The third-order valence-corrected chi connectivity index (χ3v) is 4.07. The minimum absolute atomic E-state index is 0.00752. The molecule has 0 fully saturated rings. The zero-order chi connectivity index (χ0) is 11.6. The molecule has 15 heavy (non-hydrogen) atoms. The van der Waals surface area contributed by atoms with Crippen molar-refractivity contribution in [2.45, 2.75) is 19.1 Å². The third-order valence-electron chi connectivity index (χ3n) is 1.61. The lowest BCUT2D eigenvalue weighted by Gasteiger charge is -2.10. The molecule has 1 aromatic heterocycles. The molecule has 0 aromatic carbocycles. The summed E-state index contributed by atoms with van der Waals surface area (Å²) in [7, 11) is -3.47. The van der Waals surface area contributed by atoms with E-state index in [1.165, 1.54) is 0 Å². The van der Waals surface area contributed by atoms with Crippen LogP contribution in [0.5, 0.6) is 0 Å². The van der Waals surface area contributed by atoms with Crippen LogP contribution in [0, 0.1) is 0 Å². The highest BCUT2D eigenvalue weighted by atomic mass is 35.5. The fraction of sp³-hybridized carbons (Fsp3) is 0.429. The SMILES string of the molecule is CC(C)S(=O)(=O)Nc1ncnc(Cl)c1Cl. The van der Waals surface area contributed by atoms with Crippen molar-refractivity contribution in [2.75, 3.05) is 4.72 Å². The molecular formula is C7H9Cl2N3O2S.